The second-order valence-electron chi connectivity index (χ2n) is 5.03. The maximum Gasteiger partial charge on any atom is 0.161 e. The van der Waals surface area contributed by atoms with Crippen LogP contribution in [-0.2, 0) is 0 Å². The van der Waals surface area contributed by atoms with Crippen molar-refractivity contribution in [2.24, 2.45) is 5.73 Å². The van der Waals surface area contributed by atoms with Crippen LogP contribution in [0.1, 0.15) is 31.2 Å². The average Bonchev–Trinajstić information content (AvgIpc) is 2.35. The maximum absolute atomic E-state index is 14.5. The van der Waals surface area contributed by atoms with Gasteiger partial charge in [0.1, 0.15) is 5.84 Å². The van der Waals surface area contributed by atoms with E-state index >= 15 is 0 Å². The summed E-state index contributed by atoms with van der Waals surface area (Å²) in [6, 6.07) is 3.67. The Morgan fingerprint density at radius 1 is 1.50 bits per heavy atom. The van der Waals surface area contributed by atoms with E-state index in [1.54, 1.807) is 12.1 Å². The van der Waals surface area contributed by atoms with Crippen LogP contribution in [0.2, 0.25) is 0 Å². The first-order valence-corrected chi connectivity index (χ1v) is 7.55. The van der Waals surface area contributed by atoms with Crippen LogP contribution in [-0.4, -0.2) is 30.1 Å². The second kappa shape index (κ2) is 6.54. The van der Waals surface area contributed by atoms with Gasteiger partial charge in [-0.15, -0.1) is 0 Å². The zero-order valence-electron chi connectivity index (χ0n) is 11.2. The van der Waals surface area contributed by atoms with E-state index in [-0.39, 0.29) is 22.7 Å². The summed E-state index contributed by atoms with van der Waals surface area (Å²) in [7, 11) is 0. The standard InChI is InChI=1S/C14H19BrFN3O/c15-12-10(14(17)18)5-6-11(13(12)16)19(7-2-8-20)9-3-1-4-9/h5-6,9,20H,1-4,7-8H2,(H3,17,18). The zero-order valence-corrected chi connectivity index (χ0v) is 12.8. The predicted octanol–water partition coefficient (Wildman–Crippen LogP) is 2.61. The molecule has 2 rings (SSSR count). The van der Waals surface area contributed by atoms with Crippen molar-refractivity contribution in [3.05, 3.63) is 28.0 Å². The van der Waals surface area contributed by atoms with E-state index in [0.29, 0.717) is 30.3 Å². The topological polar surface area (TPSA) is 73.3 Å². The minimum absolute atomic E-state index is 0.0948. The largest absolute Gasteiger partial charge is 0.396 e. The monoisotopic (exact) mass is 343 g/mol. The van der Waals surface area contributed by atoms with Crippen LogP contribution in [0, 0.1) is 11.2 Å². The number of nitrogen functional groups attached to an aromatic ring is 1. The van der Waals surface area contributed by atoms with Crippen molar-refractivity contribution < 1.29 is 9.50 Å². The summed E-state index contributed by atoms with van der Waals surface area (Å²) in [5.74, 6) is -0.546. The van der Waals surface area contributed by atoms with Gasteiger partial charge < -0.3 is 15.7 Å². The highest BCUT2D eigenvalue weighted by Crippen LogP contribution is 2.35. The van der Waals surface area contributed by atoms with Gasteiger partial charge in [-0.1, -0.05) is 0 Å². The van der Waals surface area contributed by atoms with E-state index in [4.69, 9.17) is 16.2 Å². The summed E-state index contributed by atoms with van der Waals surface area (Å²) in [6.07, 6.45) is 3.88. The Balaban J connectivity index is 2.32. The van der Waals surface area contributed by atoms with Crippen LogP contribution in [0.15, 0.2) is 16.6 Å². The lowest BCUT2D eigenvalue weighted by atomic mass is 9.90. The molecule has 0 atom stereocenters. The number of anilines is 1. The van der Waals surface area contributed by atoms with Gasteiger partial charge in [-0.2, -0.15) is 0 Å². The third-order valence-electron chi connectivity index (χ3n) is 3.73. The molecule has 4 nitrogen and oxygen atoms in total. The number of aliphatic hydroxyl groups is 1. The second-order valence-corrected chi connectivity index (χ2v) is 5.82. The molecule has 1 aliphatic carbocycles. The van der Waals surface area contributed by atoms with Gasteiger partial charge in [-0.3, -0.25) is 5.41 Å². The quantitative estimate of drug-likeness (QED) is 0.549. The highest BCUT2D eigenvalue weighted by Gasteiger charge is 2.27. The summed E-state index contributed by atoms with van der Waals surface area (Å²) >= 11 is 3.19. The highest BCUT2D eigenvalue weighted by molar-refractivity contribution is 9.10. The third kappa shape index (κ3) is 2.96. The van der Waals surface area contributed by atoms with Crippen molar-refractivity contribution >= 4 is 27.5 Å². The van der Waals surface area contributed by atoms with Gasteiger partial charge in [-0.05, 0) is 53.7 Å². The van der Waals surface area contributed by atoms with Gasteiger partial charge >= 0.3 is 0 Å². The van der Waals surface area contributed by atoms with Gasteiger partial charge in [0.2, 0.25) is 0 Å². The molecule has 0 heterocycles. The first-order chi connectivity index (χ1) is 9.56. The molecule has 0 saturated heterocycles. The molecule has 0 aromatic heterocycles. The fourth-order valence-corrected chi connectivity index (χ4v) is 2.96. The van der Waals surface area contributed by atoms with Crippen molar-refractivity contribution in [3.8, 4) is 0 Å². The molecule has 1 aliphatic rings. The number of hydrogen-bond acceptors (Lipinski definition) is 3. The fourth-order valence-electron chi connectivity index (χ4n) is 2.41. The number of benzene rings is 1. The fraction of sp³-hybridized carbons (Fsp3) is 0.500. The smallest absolute Gasteiger partial charge is 0.161 e. The van der Waals surface area contributed by atoms with Crippen molar-refractivity contribution in [1.29, 1.82) is 5.41 Å². The number of halogens is 2. The van der Waals surface area contributed by atoms with E-state index in [2.05, 4.69) is 15.9 Å². The number of amidine groups is 1. The Labute approximate surface area is 126 Å². The molecule has 0 bridgehead atoms. The third-order valence-corrected chi connectivity index (χ3v) is 4.51. The maximum atomic E-state index is 14.5. The van der Waals surface area contributed by atoms with Crippen molar-refractivity contribution in [1.82, 2.24) is 0 Å². The zero-order chi connectivity index (χ0) is 14.7. The van der Waals surface area contributed by atoms with Gasteiger partial charge in [0, 0.05) is 24.8 Å². The Hall–Kier alpha value is -1.14. The van der Waals surface area contributed by atoms with Crippen LogP contribution in [0.5, 0.6) is 0 Å². The summed E-state index contributed by atoms with van der Waals surface area (Å²) in [5, 5.41) is 16.4. The summed E-state index contributed by atoms with van der Waals surface area (Å²) in [5.41, 5.74) is 6.30. The van der Waals surface area contributed by atoms with E-state index in [0.717, 1.165) is 19.3 Å². The van der Waals surface area contributed by atoms with Gasteiger partial charge in [0.05, 0.1) is 10.2 Å². The van der Waals surface area contributed by atoms with Crippen molar-refractivity contribution in [2.45, 2.75) is 31.7 Å². The average molecular weight is 344 g/mol. The molecule has 0 amide bonds. The van der Waals surface area contributed by atoms with E-state index in [1.165, 1.54) is 0 Å². The van der Waals surface area contributed by atoms with E-state index < -0.39 is 0 Å². The van der Waals surface area contributed by atoms with Gasteiger partial charge in [0.25, 0.3) is 0 Å². The normalized spacial score (nSPS) is 14.9. The van der Waals surface area contributed by atoms with Crippen molar-refractivity contribution in [2.75, 3.05) is 18.1 Å². The number of nitrogens with zero attached hydrogens (tertiary/aromatic N) is 1. The summed E-state index contributed by atoms with van der Waals surface area (Å²) < 4.78 is 14.7. The van der Waals surface area contributed by atoms with Gasteiger partial charge in [0.15, 0.2) is 5.82 Å². The first-order valence-electron chi connectivity index (χ1n) is 6.76. The minimum Gasteiger partial charge on any atom is -0.396 e. The predicted molar refractivity (Wildman–Crippen MR) is 81.8 cm³/mol. The number of hydrogen-bond donors (Lipinski definition) is 3. The molecular formula is C14H19BrFN3O. The number of nitrogens with one attached hydrogen (secondary N) is 1. The molecule has 0 aliphatic heterocycles. The molecule has 0 unspecified atom stereocenters. The van der Waals surface area contributed by atoms with E-state index in [9.17, 15) is 4.39 Å². The van der Waals surface area contributed by atoms with Crippen LogP contribution >= 0.6 is 15.9 Å². The lowest BCUT2D eigenvalue weighted by Gasteiger charge is -2.39. The molecule has 1 saturated carbocycles. The summed E-state index contributed by atoms with van der Waals surface area (Å²) in [4.78, 5) is 2.02. The number of rotatable bonds is 6. The highest BCUT2D eigenvalue weighted by atomic mass is 79.9. The van der Waals surface area contributed by atoms with Crippen LogP contribution in [0.4, 0.5) is 10.1 Å². The lowest BCUT2D eigenvalue weighted by molar-refractivity contribution is 0.282. The lowest BCUT2D eigenvalue weighted by Crippen LogP contribution is -2.41. The molecule has 1 aromatic rings. The van der Waals surface area contributed by atoms with Gasteiger partial charge in [-0.25, -0.2) is 4.39 Å². The summed E-state index contributed by atoms with van der Waals surface area (Å²) in [6.45, 7) is 0.724. The Bertz CT molecular complexity index is 505. The molecule has 1 aromatic carbocycles. The molecule has 6 heteroatoms. The molecule has 0 spiro atoms. The first kappa shape index (κ1) is 15.3. The number of aliphatic hydroxyl groups excluding tert-OH is 1. The molecule has 110 valence electrons. The van der Waals surface area contributed by atoms with Crippen molar-refractivity contribution in [3.63, 3.8) is 0 Å². The van der Waals surface area contributed by atoms with Crippen LogP contribution < -0.4 is 10.6 Å². The SMILES string of the molecule is N=C(N)c1ccc(N(CCCO)C2CCC2)c(F)c1Br. The Morgan fingerprint density at radius 3 is 2.70 bits per heavy atom. The minimum atomic E-state index is -0.387. The molecular weight excluding hydrogens is 325 g/mol. The van der Waals surface area contributed by atoms with Crippen LogP contribution in [0.3, 0.4) is 0 Å². The molecule has 1 fully saturated rings. The number of nitrogens with two attached hydrogens (primary N) is 1. The Morgan fingerprint density at radius 2 is 2.20 bits per heavy atom. The van der Waals surface area contributed by atoms with E-state index in [1.807, 2.05) is 4.90 Å². The molecule has 0 radical (unpaired) electrons. The molecule has 4 N–H and O–H groups in total. The Kier molecular flexibility index (Phi) is 4.99. The van der Waals surface area contributed by atoms with Crippen LogP contribution in [0.25, 0.3) is 0 Å². The molecule has 20 heavy (non-hydrogen) atoms.